The van der Waals surface area contributed by atoms with Gasteiger partial charge in [0.15, 0.2) is 0 Å². The zero-order valence-corrected chi connectivity index (χ0v) is 14.2. The van der Waals surface area contributed by atoms with Crippen LogP contribution in [0.2, 0.25) is 0 Å². The van der Waals surface area contributed by atoms with Crippen LogP contribution in [0.1, 0.15) is 22.8 Å². The summed E-state index contributed by atoms with van der Waals surface area (Å²) in [6, 6.07) is 21.6. The number of benzene rings is 2. The van der Waals surface area contributed by atoms with E-state index in [4.69, 9.17) is 0 Å². The molecule has 1 aromatic heterocycles. The molecule has 0 fully saturated rings. The minimum Gasteiger partial charge on any atom is -0.366 e. The number of anilines is 2. The highest BCUT2D eigenvalue weighted by Crippen LogP contribution is 2.18. The molecule has 4 nitrogen and oxygen atoms in total. The third kappa shape index (κ3) is 4.44. The number of hydrogen-bond donors (Lipinski definition) is 1. The van der Waals surface area contributed by atoms with Crippen molar-refractivity contribution in [2.24, 2.45) is 0 Å². The Morgan fingerprint density at radius 2 is 1.68 bits per heavy atom. The van der Waals surface area contributed by atoms with Crippen molar-refractivity contribution < 1.29 is 4.79 Å². The van der Waals surface area contributed by atoms with Gasteiger partial charge in [0.05, 0.1) is 17.4 Å². The average Bonchev–Trinajstić information content (AvgIpc) is 2.68. The molecule has 3 aromatic rings. The van der Waals surface area contributed by atoms with Crippen molar-refractivity contribution in [2.75, 3.05) is 16.8 Å². The van der Waals surface area contributed by atoms with Gasteiger partial charge in [-0.3, -0.25) is 9.78 Å². The second-order valence-electron chi connectivity index (χ2n) is 5.75. The van der Waals surface area contributed by atoms with Crippen LogP contribution in [-0.4, -0.2) is 17.4 Å². The minimum atomic E-state index is -0.156. The molecule has 1 heterocycles. The van der Waals surface area contributed by atoms with Gasteiger partial charge in [0.1, 0.15) is 0 Å². The van der Waals surface area contributed by atoms with E-state index in [2.05, 4.69) is 34.3 Å². The predicted octanol–water partition coefficient (Wildman–Crippen LogP) is 4.36. The molecule has 2 aromatic carbocycles. The van der Waals surface area contributed by atoms with Crippen molar-refractivity contribution >= 4 is 17.3 Å². The van der Waals surface area contributed by atoms with E-state index in [-0.39, 0.29) is 5.91 Å². The molecule has 1 N–H and O–H groups in total. The van der Waals surface area contributed by atoms with E-state index >= 15 is 0 Å². The molecule has 1 amide bonds. The Hall–Kier alpha value is -3.14. The van der Waals surface area contributed by atoms with Crippen molar-refractivity contribution in [1.82, 2.24) is 4.98 Å². The normalized spacial score (nSPS) is 10.3. The average molecular weight is 331 g/mol. The van der Waals surface area contributed by atoms with E-state index in [1.54, 1.807) is 12.4 Å². The fourth-order valence-electron chi connectivity index (χ4n) is 2.64. The van der Waals surface area contributed by atoms with Crippen molar-refractivity contribution in [3.05, 3.63) is 90.3 Å². The number of nitrogens with one attached hydrogen (secondary N) is 1. The van der Waals surface area contributed by atoms with Crippen LogP contribution >= 0.6 is 0 Å². The molecule has 0 atom stereocenters. The number of amides is 1. The molecular weight excluding hydrogens is 310 g/mol. The molecule has 0 saturated carbocycles. The van der Waals surface area contributed by atoms with E-state index in [0.29, 0.717) is 5.56 Å². The summed E-state index contributed by atoms with van der Waals surface area (Å²) in [5.41, 5.74) is 3.48. The van der Waals surface area contributed by atoms with Crippen LogP contribution in [0, 0.1) is 0 Å². The van der Waals surface area contributed by atoms with E-state index in [1.165, 1.54) is 5.56 Å². The van der Waals surface area contributed by atoms with Crippen molar-refractivity contribution in [3.8, 4) is 0 Å². The number of carbonyl (C=O) groups excluding carboxylic acids is 1. The lowest BCUT2D eigenvalue weighted by Gasteiger charge is -2.23. The van der Waals surface area contributed by atoms with E-state index in [1.807, 2.05) is 54.6 Å². The Bertz CT molecular complexity index is 819. The molecule has 4 heteroatoms. The van der Waals surface area contributed by atoms with Crippen molar-refractivity contribution in [2.45, 2.75) is 13.5 Å². The summed E-state index contributed by atoms with van der Waals surface area (Å²) in [4.78, 5) is 18.9. The lowest BCUT2D eigenvalue weighted by Crippen LogP contribution is -2.23. The van der Waals surface area contributed by atoms with Gasteiger partial charge in [0.2, 0.25) is 0 Å². The Kier molecular flexibility index (Phi) is 5.42. The Balaban J connectivity index is 1.76. The molecule has 0 aliphatic heterocycles. The molecule has 0 bridgehead atoms. The summed E-state index contributed by atoms with van der Waals surface area (Å²) < 4.78 is 0. The van der Waals surface area contributed by atoms with E-state index < -0.39 is 0 Å². The fraction of sp³-hybridized carbons (Fsp3) is 0.143. The lowest BCUT2D eigenvalue weighted by molar-refractivity contribution is 0.102. The lowest BCUT2D eigenvalue weighted by atomic mass is 10.2. The Labute approximate surface area is 148 Å². The van der Waals surface area contributed by atoms with Gasteiger partial charge in [-0.2, -0.15) is 0 Å². The first-order valence-corrected chi connectivity index (χ1v) is 8.36. The van der Waals surface area contributed by atoms with Crippen molar-refractivity contribution in [1.29, 1.82) is 0 Å². The second-order valence-corrected chi connectivity index (χ2v) is 5.75. The van der Waals surface area contributed by atoms with Gasteiger partial charge >= 0.3 is 0 Å². The maximum Gasteiger partial charge on any atom is 0.257 e. The van der Waals surface area contributed by atoms with Gasteiger partial charge < -0.3 is 10.2 Å². The second kappa shape index (κ2) is 8.11. The van der Waals surface area contributed by atoms with Crippen LogP contribution in [0.5, 0.6) is 0 Å². The first-order valence-electron chi connectivity index (χ1n) is 8.36. The summed E-state index contributed by atoms with van der Waals surface area (Å²) >= 11 is 0. The molecule has 0 radical (unpaired) electrons. The highest BCUT2D eigenvalue weighted by Gasteiger charge is 2.11. The van der Waals surface area contributed by atoms with Gasteiger partial charge in [-0.05, 0) is 30.7 Å². The number of rotatable bonds is 6. The van der Waals surface area contributed by atoms with Gasteiger partial charge in [-0.25, -0.2) is 0 Å². The third-order valence-electron chi connectivity index (χ3n) is 3.98. The van der Waals surface area contributed by atoms with Gasteiger partial charge in [0.25, 0.3) is 5.91 Å². The highest BCUT2D eigenvalue weighted by molar-refractivity contribution is 6.04. The summed E-state index contributed by atoms with van der Waals surface area (Å²) in [6.07, 6.45) is 3.39. The quantitative estimate of drug-likeness (QED) is 0.730. The third-order valence-corrected chi connectivity index (χ3v) is 3.98. The van der Waals surface area contributed by atoms with Gasteiger partial charge in [0, 0.05) is 25.0 Å². The zero-order valence-electron chi connectivity index (χ0n) is 14.2. The maximum atomic E-state index is 12.5. The summed E-state index contributed by atoms with van der Waals surface area (Å²) in [7, 11) is 0. The van der Waals surface area contributed by atoms with Crippen LogP contribution < -0.4 is 10.2 Å². The van der Waals surface area contributed by atoms with E-state index in [9.17, 15) is 4.79 Å². The molecule has 0 spiro atoms. The van der Waals surface area contributed by atoms with Crippen LogP contribution in [0.15, 0.2) is 79.1 Å². The minimum absolute atomic E-state index is 0.156. The zero-order chi connectivity index (χ0) is 17.5. The molecule has 3 rings (SSSR count). The Morgan fingerprint density at radius 1 is 1.00 bits per heavy atom. The van der Waals surface area contributed by atoms with Gasteiger partial charge in [-0.15, -0.1) is 0 Å². The number of pyridine rings is 1. The number of aromatic nitrogens is 1. The number of para-hydroxylation sites is 1. The SMILES string of the molecule is CCN(Cc1ccccc1)c1cncc(C(=O)Nc2ccccc2)c1. The topological polar surface area (TPSA) is 45.2 Å². The largest absolute Gasteiger partial charge is 0.366 e. The summed E-state index contributed by atoms with van der Waals surface area (Å²) in [6.45, 7) is 3.71. The van der Waals surface area contributed by atoms with E-state index in [0.717, 1.165) is 24.5 Å². The first kappa shape index (κ1) is 16.7. The predicted molar refractivity (Wildman–Crippen MR) is 102 cm³/mol. The van der Waals surface area contributed by atoms with Crippen LogP contribution in [0.25, 0.3) is 0 Å². The summed E-state index contributed by atoms with van der Waals surface area (Å²) in [5, 5.41) is 2.89. The molecule has 25 heavy (non-hydrogen) atoms. The summed E-state index contributed by atoms with van der Waals surface area (Å²) in [5.74, 6) is -0.156. The monoisotopic (exact) mass is 331 g/mol. The molecule has 0 aliphatic rings. The molecule has 0 saturated heterocycles. The van der Waals surface area contributed by atoms with Gasteiger partial charge in [-0.1, -0.05) is 48.5 Å². The maximum absolute atomic E-state index is 12.5. The van der Waals surface area contributed by atoms with Crippen LogP contribution in [0.4, 0.5) is 11.4 Å². The number of nitrogens with zero attached hydrogens (tertiary/aromatic N) is 2. The smallest absolute Gasteiger partial charge is 0.257 e. The molecular formula is C21H21N3O. The molecule has 126 valence electrons. The van der Waals surface area contributed by atoms with Crippen LogP contribution in [-0.2, 0) is 6.54 Å². The molecule has 0 aliphatic carbocycles. The van der Waals surface area contributed by atoms with Crippen LogP contribution in [0.3, 0.4) is 0 Å². The molecule has 0 unspecified atom stereocenters. The fourth-order valence-corrected chi connectivity index (χ4v) is 2.64. The standard InChI is InChI=1S/C21H21N3O/c1-2-24(16-17-9-5-3-6-10-17)20-13-18(14-22-15-20)21(25)23-19-11-7-4-8-12-19/h3-15H,2,16H2,1H3,(H,23,25). The number of hydrogen-bond acceptors (Lipinski definition) is 3. The Morgan fingerprint density at radius 3 is 2.36 bits per heavy atom. The highest BCUT2D eigenvalue weighted by atomic mass is 16.1. The number of carbonyl (C=O) groups is 1. The first-order chi connectivity index (χ1) is 12.3. The van der Waals surface area contributed by atoms with Crippen molar-refractivity contribution in [3.63, 3.8) is 0 Å².